The molecule has 0 spiro atoms. The van der Waals surface area contributed by atoms with Gasteiger partial charge in [0.05, 0.1) is 5.75 Å². The summed E-state index contributed by atoms with van der Waals surface area (Å²) in [5.74, 6) is 0.252. The van der Waals surface area contributed by atoms with Gasteiger partial charge in [-0.15, -0.1) is 0 Å². The Morgan fingerprint density at radius 1 is 1.16 bits per heavy atom. The highest BCUT2D eigenvalue weighted by atomic mass is 32.2. The van der Waals surface area contributed by atoms with E-state index in [0.717, 1.165) is 26.1 Å². The van der Waals surface area contributed by atoms with E-state index in [1.54, 1.807) is 0 Å². The summed E-state index contributed by atoms with van der Waals surface area (Å²) in [6.45, 7) is 13.7. The second-order valence-electron chi connectivity index (χ2n) is 5.41. The summed E-state index contributed by atoms with van der Waals surface area (Å²) in [7, 11) is -2.90. The van der Waals surface area contributed by atoms with E-state index in [1.165, 1.54) is 6.26 Å². The van der Waals surface area contributed by atoms with Crippen LogP contribution in [-0.4, -0.2) is 56.5 Å². The molecule has 0 aliphatic heterocycles. The van der Waals surface area contributed by atoms with Gasteiger partial charge in [0.15, 0.2) is 0 Å². The van der Waals surface area contributed by atoms with Crippen molar-refractivity contribution in [1.29, 1.82) is 0 Å². The second kappa shape index (κ2) is 8.22. The molecule has 1 N–H and O–H groups in total. The fourth-order valence-corrected chi connectivity index (χ4v) is 3.51. The number of nitrogens with one attached hydrogen (secondary N) is 1. The molecule has 2 unspecified atom stereocenters. The quantitative estimate of drug-likeness (QED) is 0.668. The maximum atomic E-state index is 11.4. The average molecular weight is 292 g/mol. The van der Waals surface area contributed by atoms with Gasteiger partial charge in [0, 0.05) is 17.8 Å². The van der Waals surface area contributed by atoms with Gasteiger partial charge in [-0.25, -0.2) is 8.42 Å². The van der Waals surface area contributed by atoms with Crippen LogP contribution < -0.4 is 5.32 Å². The van der Waals surface area contributed by atoms with Crippen molar-refractivity contribution in [2.45, 2.75) is 59.0 Å². The van der Waals surface area contributed by atoms with Gasteiger partial charge < -0.3 is 5.32 Å². The maximum Gasteiger partial charge on any atom is 0.147 e. The molecule has 0 radical (unpaired) electrons. The van der Waals surface area contributed by atoms with Crippen molar-refractivity contribution in [3.63, 3.8) is 0 Å². The average Bonchev–Trinajstić information content (AvgIpc) is 2.34. The molecule has 0 aromatic heterocycles. The first-order chi connectivity index (χ1) is 8.75. The van der Waals surface area contributed by atoms with Crippen LogP contribution in [0.5, 0.6) is 0 Å². The highest BCUT2D eigenvalue weighted by Gasteiger charge is 2.36. The highest BCUT2D eigenvalue weighted by molar-refractivity contribution is 7.90. The zero-order valence-corrected chi connectivity index (χ0v) is 14.3. The van der Waals surface area contributed by atoms with Crippen LogP contribution >= 0.6 is 0 Å². The van der Waals surface area contributed by atoms with Gasteiger partial charge in [-0.05, 0) is 39.4 Å². The Morgan fingerprint density at radius 2 is 1.68 bits per heavy atom. The number of hydrogen-bond donors (Lipinski definition) is 1. The molecule has 0 aromatic rings. The Bertz CT molecular complexity index is 339. The Labute approximate surface area is 119 Å². The fraction of sp³-hybridized carbons (Fsp3) is 1.00. The lowest BCUT2D eigenvalue weighted by molar-refractivity contribution is 0.0695. The molecule has 0 saturated carbocycles. The first-order valence-corrected chi connectivity index (χ1v) is 9.47. The van der Waals surface area contributed by atoms with Crippen LogP contribution in [0.4, 0.5) is 0 Å². The molecule has 0 saturated heterocycles. The summed E-state index contributed by atoms with van der Waals surface area (Å²) in [5, 5.41) is 3.49. The van der Waals surface area contributed by atoms with Gasteiger partial charge in [0.2, 0.25) is 0 Å². The lowest BCUT2D eigenvalue weighted by Crippen LogP contribution is -2.59. The summed E-state index contributed by atoms with van der Waals surface area (Å²) in [4.78, 5) is 2.43. The molecule has 116 valence electrons. The largest absolute Gasteiger partial charge is 0.312 e. The van der Waals surface area contributed by atoms with Crippen LogP contribution in [0.1, 0.15) is 47.5 Å². The van der Waals surface area contributed by atoms with Crippen molar-refractivity contribution >= 4 is 9.84 Å². The van der Waals surface area contributed by atoms with E-state index in [2.05, 4.69) is 44.8 Å². The van der Waals surface area contributed by atoms with Gasteiger partial charge in [-0.3, -0.25) is 4.90 Å². The van der Waals surface area contributed by atoms with E-state index in [1.807, 2.05) is 0 Å². The van der Waals surface area contributed by atoms with Crippen LogP contribution in [0.25, 0.3) is 0 Å². The lowest BCUT2D eigenvalue weighted by atomic mass is 9.85. The van der Waals surface area contributed by atoms with Crippen LogP contribution in [0.3, 0.4) is 0 Å². The van der Waals surface area contributed by atoms with Crippen LogP contribution in [0, 0.1) is 0 Å². The molecule has 0 aromatic carbocycles. The predicted octanol–water partition coefficient (Wildman–Crippen LogP) is 1.91. The zero-order chi connectivity index (χ0) is 15.1. The first-order valence-electron chi connectivity index (χ1n) is 7.41. The molecular formula is C14H32N2O2S. The van der Waals surface area contributed by atoms with Gasteiger partial charge >= 0.3 is 0 Å². The van der Waals surface area contributed by atoms with E-state index in [9.17, 15) is 8.42 Å². The molecule has 0 aliphatic rings. The molecule has 0 rings (SSSR count). The number of hydrogen-bond acceptors (Lipinski definition) is 4. The predicted molar refractivity (Wildman–Crippen MR) is 83.4 cm³/mol. The molecule has 0 heterocycles. The van der Waals surface area contributed by atoms with Gasteiger partial charge in [-0.1, -0.05) is 27.7 Å². The first kappa shape index (κ1) is 18.9. The van der Waals surface area contributed by atoms with Crippen molar-refractivity contribution in [1.82, 2.24) is 10.2 Å². The number of nitrogens with zero attached hydrogens (tertiary/aromatic N) is 1. The van der Waals surface area contributed by atoms with E-state index in [-0.39, 0.29) is 17.3 Å². The van der Waals surface area contributed by atoms with E-state index < -0.39 is 9.84 Å². The Morgan fingerprint density at radius 3 is 2.00 bits per heavy atom. The molecule has 0 aliphatic carbocycles. The summed E-state index contributed by atoms with van der Waals surface area (Å²) in [5.41, 5.74) is 0.00417. The monoisotopic (exact) mass is 292 g/mol. The minimum atomic E-state index is -2.90. The summed E-state index contributed by atoms with van der Waals surface area (Å²) >= 11 is 0. The number of likely N-dealkylation sites (N-methyl/N-ethyl adjacent to an activating group) is 2. The third kappa shape index (κ3) is 5.79. The Balaban J connectivity index is 5.07. The minimum Gasteiger partial charge on any atom is -0.312 e. The zero-order valence-electron chi connectivity index (χ0n) is 13.5. The third-order valence-corrected chi connectivity index (χ3v) is 5.16. The normalized spacial score (nSPS) is 17.4. The molecule has 0 fully saturated rings. The molecule has 0 amide bonds. The summed E-state index contributed by atoms with van der Waals surface area (Å²) in [6, 6.07) is 0.206. The van der Waals surface area contributed by atoms with E-state index >= 15 is 0 Å². The van der Waals surface area contributed by atoms with Crippen molar-refractivity contribution in [3.8, 4) is 0 Å². The van der Waals surface area contributed by atoms with E-state index in [4.69, 9.17) is 0 Å². The van der Waals surface area contributed by atoms with Crippen molar-refractivity contribution in [3.05, 3.63) is 0 Å². The summed E-state index contributed by atoms with van der Waals surface area (Å²) in [6.07, 6.45) is 3.00. The smallest absolute Gasteiger partial charge is 0.147 e. The van der Waals surface area contributed by atoms with Gasteiger partial charge in [-0.2, -0.15) is 0 Å². The SMILES string of the molecule is CCNC(CCS(C)(=O)=O)C(C)(CC)N(CC)CC. The molecule has 19 heavy (non-hydrogen) atoms. The van der Waals surface area contributed by atoms with Crippen LogP contribution in [-0.2, 0) is 9.84 Å². The van der Waals surface area contributed by atoms with Crippen molar-refractivity contribution in [2.24, 2.45) is 0 Å². The molecular weight excluding hydrogens is 260 g/mol. The minimum absolute atomic E-state index is 0.00417. The van der Waals surface area contributed by atoms with Crippen LogP contribution in [0.15, 0.2) is 0 Å². The Kier molecular flexibility index (Phi) is 8.17. The van der Waals surface area contributed by atoms with Gasteiger partial charge in [0.1, 0.15) is 9.84 Å². The summed E-state index contributed by atoms with van der Waals surface area (Å²) < 4.78 is 22.8. The molecule has 0 bridgehead atoms. The van der Waals surface area contributed by atoms with Gasteiger partial charge in [0.25, 0.3) is 0 Å². The molecule has 5 heteroatoms. The lowest BCUT2D eigenvalue weighted by Gasteiger charge is -2.46. The topological polar surface area (TPSA) is 49.4 Å². The van der Waals surface area contributed by atoms with Crippen LogP contribution in [0.2, 0.25) is 0 Å². The number of sulfone groups is 1. The highest BCUT2D eigenvalue weighted by Crippen LogP contribution is 2.26. The fourth-order valence-electron chi connectivity index (χ4n) is 2.85. The van der Waals surface area contributed by atoms with Crippen molar-refractivity contribution in [2.75, 3.05) is 31.6 Å². The Hall–Kier alpha value is -0.130. The van der Waals surface area contributed by atoms with E-state index in [0.29, 0.717) is 6.42 Å². The third-order valence-electron chi connectivity index (χ3n) is 4.18. The maximum absolute atomic E-state index is 11.4. The second-order valence-corrected chi connectivity index (χ2v) is 7.67. The van der Waals surface area contributed by atoms with Crippen molar-refractivity contribution < 1.29 is 8.42 Å². The molecule has 2 atom stereocenters. The number of rotatable bonds is 10. The molecule has 4 nitrogen and oxygen atoms in total. The standard InChI is InChI=1S/C14H32N2O2S/c1-7-14(5,16(9-3)10-4)13(15-8-2)11-12-19(6,17)18/h13,15H,7-12H2,1-6H3.